The highest BCUT2D eigenvalue weighted by Gasteiger charge is 2.45. The fraction of sp³-hybridized carbons (Fsp3) is 0.667. The second-order valence-electron chi connectivity index (χ2n) is 6.57. The van der Waals surface area contributed by atoms with Crippen molar-refractivity contribution in [3.05, 3.63) is 12.3 Å². The Balaban J connectivity index is 2.72. The number of carboxylic acid groups (broad SMARTS) is 1. The van der Waals surface area contributed by atoms with E-state index in [1.165, 1.54) is 4.90 Å². The SMILES string of the molecule is C=C(C)OC(=O)N1CCC(NC(=O)OC(C)(C)C)(C(=O)O)CC1. The number of aliphatic carboxylic acids is 1. The Morgan fingerprint density at radius 2 is 1.74 bits per heavy atom. The number of carboxylic acids is 1. The Labute approximate surface area is 135 Å². The van der Waals surface area contributed by atoms with Crippen molar-refractivity contribution in [2.24, 2.45) is 0 Å². The van der Waals surface area contributed by atoms with Gasteiger partial charge in [-0.15, -0.1) is 0 Å². The van der Waals surface area contributed by atoms with Crippen LogP contribution in [0.3, 0.4) is 0 Å². The molecular weight excluding hydrogens is 304 g/mol. The van der Waals surface area contributed by atoms with Crippen molar-refractivity contribution in [3.8, 4) is 0 Å². The third kappa shape index (κ3) is 5.46. The average molecular weight is 328 g/mol. The van der Waals surface area contributed by atoms with E-state index >= 15 is 0 Å². The van der Waals surface area contributed by atoms with Crippen LogP contribution in [0.4, 0.5) is 9.59 Å². The molecular formula is C15H24N2O6. The molecule has 8 heteroatoms. The zero-order valence-corrected chi connectivity index (χ0v) is 14.0. The Hall–Kier alpha value is -2.25. The quantitative estimate of drug-likeness (QED) is 0.769. The molecule has 2 N–H and O–H groups in total. The number of nitrogens with one attached hydrogen (secondary N) is 1. The van der Waals surface area contributed by atoms with Crippen LogP contribution in [-0.4, -0.2) is 52.4 Å². The number of rotatable bonds is 3. The largest absolute Gasteiger partial charge is 0.480 e. The van der Waals surface area contributed by atoms with Gasteiger partial charge >= 0.3 is 18.2 Å². The third-order valence-corrected chi connectivity index (χ3v) is 3.29. The highest BCUT2D eigenvalue weighted by molar-refractivity contribution is 5.85. The second-order valence-corrected chi connectivity index (χ2v) is 6.57. The van der Waals surface area contributed by atoms with Crippen LogP contribution >= 0.6 is 0 Å². The number of ether oxygens (including phenoxy) is 2. The van der Waals surface area contributed by atoms with E-state index in [0.29, 0.717) is 0 Å². The first-order chi connectivity index (χ1) is 10.4. The van der Waals surface area contributed by atoms with Crippen LogP contribution in [0, 0.1) is 0 Å². The lowest BCUT2D eigenvalue weighted by atomic mass is 9.88. The molecule has 0 radical (unpaired) electrons. The Kier molecular flexibility index (Phi) is 5.63. The molecule has 8 nitrogen and oxygen atoms in total. The number of piperidine rings is 1. The highest BCUT2D eigenvalue weighted by Crippen LogP contribution is 2.24. The van der Waals surface area contributed by atoms with Crippen molar-refractivity contribution in [3.63, 3.8) is 0 Å². The fourth-order valence-electron chi connectivity index (χ4n) is 2.18. The summed E-state index contributed by atoms with van der Waals surface area (Å²) in [4.78, 5) is 36.7. The number of allylic oxidation sites excluding steroid dienone is 1. The van der Waals surface area contributed by atoms with Crippen LogP contribution in [0.15, 0.2) is 12.3 Å². The fourth-order valence-corrected chi connectivity index (χ4v) is 2.18. The van der Waals surface area contributed by atoms with Gasteiger partial charge in [0.15, 0.2) is 0 Å². The van der Waals surface area contributed by atoms with Crippen LogP contribution < -0.4 is 5.32 Å². The van der Waals surface area contributed by atoms with E-state index in [9.17, 15) is 19.5 Å². The van der Waals surface area contributed by atoms with Crippen molar-refractivity contribution in [1.29, 1.82) is 0 Å². The Morgan fingerprint density at radius 1 is 1.22 bits per heavy atom. The molecule has 1 saturated heterocycles. The molecule has 0 unspecified atom stereocenters. The van der Waals surface area contributed by atoms with E-state index in [1.54, 1.807) is 27.7 Å². The van der Waals surface area contributed by atoms with E-state index in [4.69, 9.17) is 9.47 Å². The minimum atomic E-state index is -1.46. The summed E-state index contributed by atoms with van der Waals surface area (Å²) in [6, 6.07) is 0. The van der Waals surface area contributed by atoms with Gasteiger partial charge in [-0.05, 0) is 40.5 Å². The molecule has 130 valence electrons. The van der Waals surface area contributed by atoms with Crippen LogP contribution in [-0.2, 0) is 14.3 Å². The van der Waals surface area contributed by atoms with Gasteiger partial charge in [0.2, 0.25) is 0 Å². The van der Waals surface area contributed by atoms with Gasteiger partial charge in [0.05, 0.1) is 5.76 Å². The molecule has 1 heterocycles. The molecule has 0 aliphatic carbocycles. The summed E-state index contributed by atoms with van der Waals surface area (Å²) in [5, 5.41) is 11.9. The van der Waals surface area contributed by atoms with Crippen LogP contribution in [0.2, 0.25) is 0 Å². The second kappa shape index (κ2) is 6.89. The maximum atomic E-state index is 11.9. The molecule has 0 aromatic heterocycles. The maximum absolute atomic E-state index is 11.9. The molecule has 1 rings (SSSR count). The number of nitrogens with zero attached hydrogens (tertiary/aromatic N) is 1. The predicted molar refractivity (Wildman–Crippen MR) is 81.8 cm³/mol. The summed E-state index contributed by atoms with van der Waals surface area (Å²) in [5.74, 6) is -0.895. The number of hydrogen-bond donors (Lipinski definition) is 2. The van der Waals surface area contributed by atoms with Crippen molar-refractivity contribution >= 4 is 18.2 Å². The number of amides is 2. The molecule has 2 amide bonds. The average Bonchev–Trinajstić information content (AvgIpc) is 2.35. The highest BCUT2D eigenvalue weighted by atomic mass is 16.6. The number of alkyl carbamates (subject to hydrolysis) is 1. The van der Waals surface area contributed by atoms with Crippen molar-refractivity contribution in [2.45, 2.75) is 51.7 Å². The molecule has 0 saturated carbocycles. The standard InChI is InChI=1S/C15H24N2O6/c1-10(2)22-13(21)17-8-6-15(7-9-17,11(18)19)16-12(20)23-14(3,4)5/h1,6-9H2,2-5H3,(H,16,20)(H,18,19). The van der Waals surface area contributed by atoms with Crippen LogP contribution in [0.25, 0.3) is 0 Å². The van der Waals surface area contributed by atoms with E-state index in [1.807, 2.05) is 0 Å². The summed E-state index contributed by atoms with van der Waals surface area (Å²) in [7, 11) is 0. The van der Waals surface area contributed by atoms with Crippen molar-refractivity contribution < 1.29 is 29.0 Å². The molecule has 23 heavy (non-hydrogen) atoms. The van der Waals surface area contributed by atoms with E-state index in [0.717, 1.165) is 0 Å². The van der Waals surface area contributed by atoms with Gasteiger partial charge in [0, 0.05) is 13.1 Å². The number of hydrogen-bond acceptors (Lipinski definition) is 5. The van der Waals surface area contributed by atoms with Gasteiger partial charge in [-0.3, -0.25) is 0 Å². The lowest BCUT2D eigenvalue weighted by Crippen LogP contribution is -2.61. The summed E-state index contributed by atoms with van der Waals surface area (Å²) >= 11 is 0. The van der Waals surface area contributed by atoms with Gasteiger partial charge in [-0.25, -0.2) is 14.4 Å². The molecule has 1 aliphatic heterocycles. The molecule has 0 aromatic carbocycles. The van der Waals surface area contributed by atoms with E-state index in [-0.39, 0.29) is 31.7 Å². The zero-order chi connectivity index (χ0) is 17.8. The minimum absolute atomic E-state index is 0.0624. The Morgan fingerprint density at radius 3 is 2.13 bits per heavy atom. The Bertz CT molecular complexity index is 501. The molecule has 0 atom stereocenters. The first-order valence-corrected chi connectivity index (χ1v) is 7.32. The van der Waals surface area contributed by atoms with E-state index < -0.39 is 29.3 Å². The minimum Gasteiger partial charge on any atom is -0.480 e. The summed E-state index contributed by atoms with van der Waals surface area (Å²) in [6.07, 6.45) is -1.24. The topological polar surface area (TPSA) is 105 Å². The van der Waals surface area contributed by atoms with Gasteiger partial charge in [0.1, 0.15) is 11.1 Å². The van der Waals surface area contributed by atoms with Crippen LogP contribution in [0.5, 0.6) is 0 Å². The number of likely N-dealkylation sites (tertiary alicyclic amines) is 1. The molecule has 0 aromatic rings. The van der Waals surface area contributed by atoms with Gasteiger partial charge in [0.25, 0.3) is 0 Å². The maximum Gasteiger partial charge on any atom is 0.414 e. The zero-order valence-electron chi connectivity index (χ0n) is 14.0. The summed E-state index contributed by atoms with van der Waals surface area (Å²) in [6.45, 7) is 10.4. The summed E-state index contributed by atoms with van der Waals surface area (Å²) < 4.78 is 10.0. The first-order valence-electron chi connectivity index (χ1n) is 7.32. The van der Waals surface area contributed by atoms with E-state index in [2.05, 4.69) is 11.9 Å². The van der Waals surface area contributed by atoms with Crippen LogP contribution in [0.1, 0.15) is 40.5 Å². The normalized spacial score (nSPS) is 17.1. The molecule has 0 bridgehead atoms. The lowest BCUT2D eigenvalue weighted by Gasteiger charge is -2.38. The third-order valence-electron chi connectivity index (χ3n) is 3.29. The molecule has 1 fully saturated rings. The monoisotopic (exact) mass is 328 g/mol. The van der Waals surface area contributed by atoms with Gasteiger partial charge in [-0.1, -0.05) is 6.58 Å². The van der Waals surface area contributed by atoms with Gasteiger partial charge < -0.3 is 24.8 Å². The van der Waals surface area contributed by atoms with Crippen molar-refractivity contribution in [1.82, 2.24) is 10.2 Å². The molecule has 0 spiro atoms. The lowest BCUT2D eigenvalue weighted by molar-refractivity contribution is -0.147. The van der Waals surface area contributed by atoms with Crippen molar-refractivity contribution in [2.75, 3.05) is 13.1 Å². The molecule has 1 aliphatic rings. The number of carbonyl (C=O) groups excluding carboxylic acids is 2. The summed E-state index contributed by atoms with van der Waals surface area (Å²) in [5.41, 5.74) is -2.18. The number of carbonyl (C=O) groups is 3. The predicted octanol–water partition coefficient (Wildman–Crippen LogP) is 2.10. The first kappa shape index (κ1) is 18.8. The smallest absolute Gasteiger partial charge is 0.414 e. The van der Waals surface area contributed by atoms with Gasteiger partial charge in [-0.2, -0.15) is 0 Å².